The Morgan fingerprint density at radius 1 is 1.30 bits per heavy atom. The van der Waals surface area contributed by atoms with E-state index in [0.29, 0.717) is 17.9 Å². The number of halogens is 1. The van der Waals surface area contributed by atoms with Gasteiger partial charge in [-0.1, -0.05) is 0 Å². The zero-order chi connectivity index (χ0) is 16.4. The van der Waals surface area contributed by atoms with E-state index in [1.165, 1.54) is 12.3 Å². The Kier molecular flexibility index (Phi) is 4.42. The lowest BCUT2D eigenvalue weighted by molar-refractivity contribution is -0.133. The molecule has 2 aliphatic rings. The van der Waals surface area contributed by atoms with Crippen LogP contribution in [-0.2, 0) is 9.59 Å². The standard InChI is InChI=1S/C15H20FN5O2/c1-20-4-6-21(7-5-20)12-9-17-13(8-10(12)16)18-11-2-3-14(22)19-15(11)23/h8-9,11H,2-7H2,1H3,(H,17,18)(H,19,22,23). The first-order valence-electron chi connectivity index (χ1n) is 7.72. The third-order valence-corrected chi connectivity index (χ3v) is 4.24. The Labute approximate surface area is 133 Å². The van der Waals surface area contributed by atoms with E-state index in [-0.39, 0.29) is 18.1 Å². The van der Waals surface area contributed by atoms with Gasteiger partial charge in [-0.25, -0.2) is 9.37 Å². The number of rotatable bonds is 3. The number of piperazine rings is 1. The molecule has 0 radical (unpaired) electrons. The van der Waals surface area contributed by atoms with Crippen LogP contribution in [0.15, 0.2) is 12.3 Å². The molecular weight excluding hydrogens is 301 g/mol. The molecule has 2 amide bonds. The number of nitrogens with one attached hydrogen (secondary N) is 2. The molecule has 1 atom stereocenters. The third kappa shape index (κ3) is 3.58. The van der Waals surface area contributed by atoms with Crippen LogP contribution >= 0.6 is 0 Å². The third-order valence-electron chi connectivity index (χ3n) is 4.24. The normalized spacial score (nSPS) is 22.9. The molecule has 3 rings (SSSR count). The van der Waals surface area contributed by atoms with Crippen molar-refractivity contribution in [2.24, 2.45) is 0 Å². The molecular formula is C15H20FN5O2. The second-order valence-electron chi connectivity index (χ2n) is 5.96. The first-order valence-corrected chi connectivity index (χ1v) is 7.72. The van der Waals surface area contributed by atoms with Gasteiger partial charge in [-0.15, -0.1) is 0 Å². The van der Waals surface area contributed by atoms with Crippen LogP contribution in [0.5, 0.6) is 0 Å². The molecule has 0 aromatic carbocycles. The molecule has 2 N–H and O–H groups in total. The number of imide groups is 1. The predicted molar refractivity (Wildman–Crippen MR) is 83.7 cm³/mol. The Hall–Kier alpha value is -2.22. The zero-order valence-electron chi connectivity index (χ0n) is 13.0. The second-order valence-corrected chi connectivity index (χ2v) is 5.96. The molecule has 1 unspecified atom stereocenters. The number of piperidine rings is 1. The second kappa shape index (κ2) is 6.49. The van der Waals surface area contributed by atoms with Crippen molar-refractivity contribution in [1.29, 1.82) is 0 Å². The molecule has 0 spiro atoms. The van der Waals surface area contributed by atoms with Crippen LogP contribution in [0, 0.1) is 5.82 Å². The van der Waals surface area contributed by atoms with E-state index in [0.717, 1.165) is 26.2 Å². The lowest BCUT2D eigenvalue weighted by Crippen LogP contribution is -2.47. The minimum Gasteiger partial charge on any atom is -0.365 e. The van der Waals surface area contributed by atoms with E-state index >= 15 is 0 Å². The summed E-state index contributed by atoms with van der Waals surface area (Å²) >= 11 is 0. The van der Waals surface area contributed by atoms with Gasteiger partial charge in [0, 0.05) is 38.7 Å². The highest BCUT2D eigenvalue weighted by Crippen LogP contribution is 2.22. The molecule has 1 aromatic heterocycles. The van der Waals surface area contributed by atoms with Gasteiger partial charge in [-0.2, -0.15) is 0 Å². The molecule has 7 nitrogen and oxygen atoms in total. The topological polar surface area (TPSA) is 77.6 Å². The average molecular weight is 321 g/mol. The van der Waals surface area contributed by atoms with Crippen molar-refractivity contribution >= 4 is 23.3 Å². The Morgan fingerprint density at radius 3 is 2.70 bits per heavy atom. The summed E-state index contributed by atoms with van der Waals surface area (Å²) in [4.78, 5) is 31.2. The average Bonchev–Trinajstić information content (AvgIpc) is 2.51. The Bertz CT molecular complexity index is 616. The van der Waals surface area contributed by atoms with E-state index in [9.17, 15) is 14.0 Å². The molecule has 124 valence electrons. The summed E-state index contributed by atoms with van der Waals surface area (Å²) in [6.45, 7) is 3.29. The van der Waals surface area contributed by atoms with Gasteiger partial charge in [-0.3, -0.25) is 14.9 Å². The highest BCUT2D eigenvalue weighted by Gasteiger charge is 2.27. The SMILES string of the molecule is CN1CCN(c2cnc(NC3CCC(=O)NC3=O)cc2F)CC1. The number of amides is 2. The minimum atomic E-state index is -0.561. The van der Waals surface area contributed by atoms with E-state index in [1.807, 2.05) is 11.9 Å². The van der Waals surface area contributed by atoms with Crippen molar-refractivity contribution in [3.05, 3.63) is 18.1 Å². The molecule has 3 heterocycles. The monoisotopic (exact) mass is 321 g/mol. The highest BCUT2D eigenvalue weighted by molar-refractivity contribution is 6.01. The van der Waals surface area contributed by atoms with Crippen molar-refractivity contribution in [2.45, 2.75) is 18.9 Å². The summed E-state index contributed by atoms with van der Waals surface area (Å²) < 4.78 is 14.4. The summed E-state index contributed by atoms with van der Waals surface area (Å²) in [5.41, 5.74) is 0.479. The number of carbonyl (C=O) groups excluding carboxylic acids is 2. The summed E-state index contributed by atoms with van der Waals surface area (Å²) in [7, 11) is 2.04. The Morgan fingerprint density at radius 2 is 2.04 bits per heavy atom. The fourth-order valence-corrected chi connectivity index (χ4v) is 2.79. The minimum absolute atomic E-state index is 0.269. The molecule has 0 aliphatic carbocycles. The number of hydrogen-bond donors (Lipinski definition) is 2. The van der Waals surface area contributed by atoms with Gasteiger partial charge in [0.25, 0.3) is 0 Å². The highest BCUT2D eigenvalue weighted by atomic mass is 19.1. The fraction of sp³-hybridized carbons (Fsp3) is 0.533. The van der Waals surface area contributed by atoms with Crippen LogP contribution in [0.25, 0.3) is 0 Å². The van der Waals surface area contributed by atoms with Gasteiger partial charge in [0.05, 0.1) is 11.9 Å². The lowest BCUT2D eigenvalue weighted by atomic mass is 10.1. The number of anilines is 2. The number of pyridine rings is 1. The molecule has 0 saturated carbocycles. The first-order chi connectivity index (χ1) is 11.0. The maximum atomic E-state index is 14.4. The number of nitrogens with zero attached hydrogens (tertiary/aromatic N) is 3. The molecule has 2 fully saturated rings. The van der Waals surface area contributed by atoms with Gasteiger partial charge in [0.2, 0.25) is 11.8 Å². The van der Waals surface area contributed by atoms with Crippen molar-refractivity contribution < 1.29 is 14.0 Å². The maximum absolute atomic E-state index is 14.4. The lowest BCUT2D eigenvalue weighted by Gasteiger charge is -2.34. The van der Waals surface area contributed by atoms with Gasteiger partial charge in [0.15, 0.2) is 5.82 Å². The maximum Gasteiger partial charge on any atom is 0.249 e. The number of hydrogen-bond acceptors (Lipinski definition) is 6. The zero-order valence-corrected chi connectivity index (χ0v) is 13.0. The molecule has 23 heavy (non-hydrogen) atoms. The van der Waals surface area contributed by atoms with Crippen LogP contribution in [-0.4, -0.2) is 61.0 Å². The van der Waals surface area contributed by atoms with Crippen LogP contribution in [0.1, 0.15) is 12.8 Å². The van der Waals surface area contributed by atoms with E-state index in [4.69, 9.17) is 0 Å². The fourth-order valence-electron chi connectivity index (χ4n) is 2.79. The Balaban J connectivity index is 1.67. The number of aromatic nitrogens is 1. The van der Waals surface area contributed by atoms with Gasteiger partial charge < -0.3 is 15.1 Å². The smallest absolute Gasteiger partial charge is 0.249 e. The van der Waals surface area contributed by atoms with Crippen LogP contribution in [0.4, 0.5) is 15.9 Å². The van der Waals surface area contributed by atoms with Gasteiger partial charge in [0.1, 0.15) is 11.9 Å². The number of carbonyl (C=O) groups is 2. The summed E-state index contributed by atoms with van der Waals surface area (Å²) in [5.74, 6) is -0.738. The van der Waals surface area contributed by atoms with E-state index in [1.54, 1.807) is 0 Å². The quantitative estimate of drug-likeness (QED) is 0.774. The summed E-state index contributed by atoms with van der Waals surface area (Å²) in [6.07, 6.45) is 2.15. The van der Waals surface area contributed by atoms with Crippen LogP contribution in [0.3, 0.4) is 0 Å². The molecule has 1 aromatic rings. The van der Waals surface area contributed by atoms with Gasteiger partial charge >= 0.3 is 0 Å². The number of likely N-dealkylation sites (N-methyl/N-ethyl adjacent to an activating group) is 1. The molecule has 2 saturated heterocycles. The van der Waals surface area contributed by atoms with Gasteiger partial charge in [-0.05, 0) is 13.5 Å². The van der Waals surface area contributed by atoms with E-state index in [2.05, 4.69) is 20.5 Å². The predicted octanol–water partition coefficient (Wildman–Crippen LogP) is 0.190. The van der Waals surface area contributed by atoms with Crippen molar-refractivity contribution in [1.82, 2.24) is 15.2 Å². The van der Waals surface area contributed by atoms with Crippen molar-refractivity contribution in [3.8, 4) is 0 Å². The molecule has 8 heteroatoms. The van der Waals surface area contributed by atoms with Crippen molar-refractivity contribution in [2.75, 3.05) is 43.4 Å². The van der Waals surface area contributed by atoms with Crippen LogP contribution < -0.4 is 15.5 Å². The van der Waals surface area contributed by atoms with E-state index < -0.39 is 11.9 Å². The molecule has 2 aliphatic heterocycles. The van der Waals surface area contributed by atoms with Crippen LogP contribution in [0.2, 0.25) is 0 Å². The summed E-state index contributed by atoms with van der Waals surface area (Å²) in [5, 5.41) is 5.14. The molecule has 0 bridgehead atoms. The summed E-state index contributed by atoms with van der Waals surface area (Å²) in [6, 6.07) is 0.742. The largest absolute Gasteiger partial charge is 0.365 e. The first kappa shape index (κ1) is 15.7. The van der Waals surface area contributed by atoms with Crippen molar-refractivity contribution in [3.63, 3.8) is 0 Å².